The Morgan fingerprint density at radius 1 is 0.619 bits per heavy atom. The second-order valence-electron chi connectivity index (χ2n) is 10.3. The Hall–Kier alpha value is -3.15. The van der Waals surface area contributed by atoms with Crippen molar-refractivity contribution < 1.29 is 24.2 Å². The molecule has 0 aromatic heterocycles. The van der Waals surface area contributed by atoms with Crippen molar-refractivity contribution in [2.45, 2.75) is 129 Å². The van der Waals surface area contributed by atoms with E-state index in [0.29, 0.717) is 19.3 Å². The molecule has 0 bridgehead atoms. The Morgan fingerprint density at radius 3 is 1.79 bits per heavy atom. The van der Waals surface area contributed by atoms with Gasteiger partial charge in [-0.2, -0.15) is 0 Å². The molecule has 236 valence electrons. The fraction of sp³-hybridized carbons (Fsp3) is 0.583. The minimum Gasteiger partial charge on any atom is -0.480 e. The van der Waals surface area contributed by atoms with Crippen LogP contribution in [0.25, 0.3) is 0 Å². The summed E-state index contributed by atoms with van der Waals surface area (Å²) in [4.78, 5) is 34.5. The molecule has 0 aromatic carbocycles. The van der Waals surface area contributed by atoms with Gasteiger partial charge in [0.2, 0.25) is 5.91 Å². The van der Waals surface area contributed by atoms with Crippen LogP contribution in [0.4, 0.5) is 0 Å². The zero-order valence-corrected chi connectivity index (χ0v) is 26.3. The lowest BCUT2D eigenvalue weighted by Crippen LogP contribution is -2.28. The lowest BCUT2D eigenvalue weighted by Gasteiger charge is -2.11. The van der Waals surface area contributed by atoms with Crippen molar-refractivity contribution in [3.8, 4) is 0 Å². The minimum absolute atomic E-state index is 0.160. The van der Waals surface area contributed by atoms with Crippen LogP contribution < -0.4 is 5.32 Å². The zero-order valence-electron chi connectivity index (χ0n) is 26.3. The molecule has 42 heavy (non-hydrogen) atoms. The topological polar surface area (TPSA) is 92.7 Å². The standard InChI is InChI=1S/C36H57NO5/c1-3-5-7-9-10-11-12-13-14-15-16-17-18-23-27-31-36(41)42-33(28-24-20-8-6-4-2)29-25-21-19-22-26-30-34(38)37-32-35(39)40/h5-8,10-11,13-14,24-25,28-29,33H,3-4,9,12,15-23,26-27,30-32H2,1-2H3,(H,37,38)(H,39,40)/b7-5-,8-6-,11-10-,14-13-,28-24-,29-25-. The number of unbranched alkanes of at least 4 members (excludes halogenated alkanes) is 8. The van der Waals surface area contributed by atoms with E-state index in [0.717, 1.165) is 77.0 Å². The molecule has 0 radical (unpaired) electrons. The molecule has 6 nitrogen and oxygen atoms in total. The number of aliphatic carboxylic acids is 1. The average Bonchev–Trinajstić information content (AvgIpc) is 2.97. The number of carbonyl (C=O) groups is 3. The number of carboxylic acids is 1. The lowest BCUT2D eigenvalue weighted by molar-refractivity contribution is -0.145. The van der Waals surface area contributed by atoms with Crippen LogP contribution in [-0.2, 0) is 19.1 Å². The number of amides is 1. The number of hydrogen-bond acceptors (Lipinski definition) is 4. The van der Waals surface area contributed by atoms with Crippen molar-refractivity contribution in [3.63, 3.8) is 0 Å². The number of carbonyl (C=O) groups excluding carboxylic acids is 2. The quantitative estimate of drug-likeness (QED) is 0.0571. The summed E-state index contributed by atoms with van der Waals surface area (Å²) >= 11 is 0. The Bertz CT molecular complexity index is 866. The van der Waals surface area contributed by atoms with Gasteiger partial charge in [0.05, 0.1) is 0 Å². The number of hydrogen-bond donors (Lipinski definition) is 2. The van der Waals surface area contributed by atoms with E-state index in [-0.39, 0.29) is 24.5 Å². The molecular formula is C36H57NO5. The van der Waals surface area contributed by atoms with Gasteiger partial charge in [0.15, 0.2) is 0 Å². The first-order valence-corrected chi connectivity index (χ1v) is 16.1. The highest BCUT2D eigenvalue weighted by molar-refractivity contribution is 5.80. The van der Waals surface area contributed by atoms with Gasteiger partial charge in [-0.1, -0.05) is 100 Å². The maximum absolute atomic E-state index is 12.5. The predicted octanol–water partition coefficient (Wildman–Crippen LogP) is 9.11. The van der Waals surface area contributed by atoms with Crippen LogP contribution in [0.1, 0.15) is 123 Å². The third-order valence-corrected chi connectivity index (χ3v) is 6.34. The molecule has 0 saturated heterocycles. The summed E-state index contributed by atoms with van der Waals surface area (Å²) < 4.78 is 5.73. The van der Waals surface area contributed by atoms with Gasteiger partial charge >= 0.3 is 11.9 Å². The summed E-state index contributed by atoms with van der Waals surface area (Å²) in [6.07, 6.45) is 40.7. The molecule has 0 heterocycles. The van der Waals surface area contributed by atoms with Crippen LogP contribution in [0.15, 0.2) is 72.9 Å². The number of allylic oxidation sites excluding steroid dienone is 10. The highest BCUT2D eigenvalue weighted by Crippen LogP contribution is 2.11. The van der Waals surface area contributed by atoms with Gasteiger partial charge in [-0.3, -0.25) is 14.4 Å². The van der Waals surface area contributed by atoms with Crippen molar-refractivity contribution >= 4 is 17.8 Å². The third-order valence-electron chi connectivity index (χ3n) is 6.34. The van der Waals surface area contributed by atoms with Crippen molar-refractivity contribution in [1.29, 1.82) is 0 Å². The monoisotopic (exact) mass is 583 g/mol. The van der Waals surface area contributed by atoms with Crippen LogP contribution >= 0.6 is 0 Å². The predicted molar refractivity (Wildman–Crippen MR) is 175 cm³/mol. The van der Waals surface area contributed by atoms with E-state index in [9.17, 15) is 14.4 Å². The van der Waals surface area contributed by atoms with Gasteiger partial charge in [-0.25, -0.2) is 0 Å². The van der Waals surface area contributed by atoms with Crippen molar-refractivity contribution in [2.24, 2.45) is 0 Å². The maximum atomic E-state index is 12.5. The summed E-state index contributed by atoms with van der Waals surface area (Å²) in [5.41, 5.74) is 0. The van der Waals surface area contributed by atoms with Gasteiger partial charge in [0.1, 0.15) is 12.6 Å². The van der Waals surface area contributed by atoms with Crippen molar-refractivity contribution in [2.75, 3.05) is 6.54 Å². The molecular weight excluding hydrogens is 526 g/mol. The molecule has 0 saturated carbocycles. The molecule has 0 aliphatic carbocycles. The van der Waals surface area contributed by atoms with Crippen LogP contribution in [0.5, 0.6) is 0 Å². The van der Waals surface area contributed by atoms with Gasteiger partial charge in [0.25, 0.3) is 0 Å². The summed E-state index contributed by atoms with van der Waals surface area (Å²) in [5.74, 6) is -1.43. The van der Waals surface area contributed by atoms with E-state index < -0.39 is 5.97 Å². The van der Waals surface area contributed by atoms with E-state index in [1.807, 2.05) is 24.3 Å². The fourth-order valence-corrected chi connectivity index (χ4v) is 4.01. The molecule has 1 atom stereocenters. The molecule has 0 fully saturated rings. The second-order valence-corrected chi connectivity index (χ2v) is 10.3. The van der Waals surface area contributed by atoms with Crippen LogP contribution in [0.3, 0.4) is 0 Å². The summed E-state index contributed by atoms with van der Waals surface area (Å²) in [6, 6.07) is 0. The van der Waals surface area contributed by atoms with E-state index >= 15 is 0 Å². The maximum Gasteiger partial charge on any atom is 0.322 e. The smallest absolute Gasteiger partial charge is 0.322 e. The van der Waals surface area contributed by atoms with Gasteiger partial charge in [0, 0.05) is 12.8 Å². The third kappa shape index (κ3) is 29.8. The Labute approximate surface area is 255 Å². The van der Waals surface area contributed by atoms with Crippen molar-refractivity contribution in [3.05, 3.63) is 72.9 Å². The zero-order chi connectivity index (χ0) is 30.9. The number of nitrogens with one attached hydrogen (secondary N) is 1. The normalized spacial score (nSPS) is 13.0. The molecule has 0 aliphatic heterocycles. The molecule has 6 heteroatoms. The summed E-state index contributed by atoms with van der Waals surface area (Å²) in [7, 11) is 0. The van der Waals surface area contributed by atoms with Crippen LogP contribution in [0, 0.1) is 0 Å². The molecule has 0 rings (SSSR count). The lowest BCUT2D eigenvalue weighted by atomic mass is 10.1. The van der Waals surface area contributed by atoms with E-state index in [1.165, 1.54) is 12.8 Å². The number of esters is 1. The molecule has 1 unspecified atom stereocenters. The molecule has 0 aromatic rings. The first kappa shape index (κ1) is 38.9. The average molecular weight is 584 g/mol. The highest BCUT2D eigenvalue weighted by atomic mass is 16.5. The van der Waals surface area contributed by atoms with Crippen LogP contribution in [-0.4, -0.2) is 35.6 Å². The Kier molecular flexibility index (Phi) is 28.5. The van der Waals surface area contributed by atoms with Gasteiger partial charge in [-0.15, -0.1) is 0 Å². The van der Waals surface area contributed by atoms with Gasteiger partial charge < -0.3 is 15.2 Å². The number of carboxylic acid groups (broad SMARTS) is 1. The van der Waals surface area contributed by atoms with E-state index in [1.54, 1.807) is 0 Å². The van der Waals surface area contributed by atoms with Gasteiger partial charge in [-0.05, 0) is 82.8 Å². The van der Waals surface area contributed by atoms with Crippen LogP contribution in [0.2, 0.25) is 0 Å². The van der Waals surface area contributed by atoms with E-state index in [2.05, 4.69) is 67.8 Å². The fourth-order valence-electron chi connectivity index (χ4n) is 4.01. The second kappa shape index (κ2) is 30.8. The highest BCUT2D eigenvalue weighted by Gasteiger charge is 2.08. The molecule has 1 amide bonds. The molecule has 0 spiro atoms. The largest absolute Gasteiger partial charge is 0.480 e. The Balaban J connectivity index is 4.18. The summed E-state index contributed by atoms with van der Waals surface area (Å²) in [5, 5.41) is 11.0. The first-order chi connectivity index (χ1) is 20.5. The Morgan fingerprint density at radius 2 is 1.12 bits per heavy atom. The van der Waals surface area contributed by atoms with Crippen molar-refractivity contribution in [1.82, 2.24) is 5.32 Å². The van der Waals surface area contributed by atoms with E-state index in [4.69, 9.17) is 9.84 Å². The molecule has 0 aliphatic rings. The number of ether oxygens (including phenoxy) is 1. The molecule has 2 N–H and O–H groups in total. The number of rotatable bonds is 27. The summed E-state index contributed by atoms with van der Waals surface area (Å²) in [6.45, 7) is 3.91. The SMILES string of the molecule is CC/C=C\C/C=C\C/C=C\CCCCCCCC(=O)OC(/C=C\C/C=C\CC)/C=C\CCCCCC(=O)NCC(=O)O. The first-order valence-electron chi connectivity index (χ1n) is 16.1. The minimum atomic E-state index is -1.04.